The first-order valence-corrected chi connectivity index (χ1v) is 6.45. The molecule has 0 radical (unpaired) electrons. The summed E-state index contributed by atoms with van der Waals surface area (Å²) >= 11 is 0. The van der Waals surface area contributed by atoms with Gasteiger partial charge in [-0.25, -0.2) is 4.79 Å². The Morgan fingerprint density at radius 1 is 1.20 bits per heavy atom. The lowest BCUT2D eigenvalue weighted by molar-refractivity contribution is 0.00578. The van der Waals surface area contributed by atoms with Crippen molar-refractivity contribution in [2.75, 3.05) is 7.11 Å². The predicted molar refractivity (Wildman–Crippen MR) is 75.7 cm³/mol. The summed E-state index contributed by atoms with van der Waals surface area (Å²) in [4.78, 5) is 11.0. The second-order valence-corrected chi connectivity index (χ2v) is 5.85. The van der Waals surface area contributed by atoms with Crippen LogP contribution in [0.25, 0.3) is 0 Å². The number of hydrogen-bond acceptors (Lipinski definition) is 4. The molecule has 0 saturated carbocycles. The largest absolute Gasteiger partial charge is 0.498 e. The molecule has 0 aliphatic carbocycles. The number of benzene rings is 1. The summed E-state index contributed by atoms with van der Waals surface area (Å²) in [7, 11) is 0.924. The first kappa shape index (κ1) is 14.9. The fourth-order valence-electron chi connectivity index (χ4n) is 2.01. The van der Waals surface area contributed by atoms with Gasteiger partial charge in [-0.05, 0) is 39.8 Å². The third-order valence-electron chi connectivity index (χ3n) is 3.99. The zero-order valence-electron chi connectivity index (χ0n) is 12.4. The average molecular weight is 278 g/mol. The summed E-state index contributed by atoms with van der Waals surface area (Å²) in [6.45, 7) is 7.85. The number of methoxy groups -OCH3 is 1. The molecular formula is C14H19BO5. The van der Waals surface area contributed by atoms with Gasteiger partial charge in [-0.15, -0.1) is 0 Å². The van der Waals surface area contributed by atoms with Gasteiger partial charge in [0, 0.05) is 5.46 Å². The summed E-state index contributed by atoms with van der Waals surface area (Å²) in [5.41, 5.74) is -0.0410. The van der Waals surface area contributed by atoms with Gasteiger partial charge in [-0.1, -0.05) is 6.07 Å². The number of carboxylic acids is 1. The van der Waals surface area contributed by atoms with Gasteiger partial charge in [0.2, 0.25) is 0 Å². The van der Waals surface area contributed by atoms with E-state index in [0.717, 1.165) is 0 Å². The van der Waals surface area contributed by atoms with Crippen molar-refractivity contribution in [2.45, 2.75) is 38.9 Å². The van der Waals surface area contributed by atoms with E-state index in [1.54, 1.807) is 6.07 Å². The quantitative estimate of drug-likeness (QED) is 0.852. The summed E-state index contributed by atoms with van der Waals surface area (Å²) in [6, 6.07) is 4.67. The van der Waals surface area contributed by atoms with Crippen molar-refractivity contribution in [3.05, 3.63) is 23.8 Å². The summed E-state index contributed by atoms with van der Waals surface area (Å²) in [5.74, 6) is -0.549. The highest BCUT2D eigenvalue weighted by atomic mass is 16.7. The zero-order valence-corrected chi connectivity index (χ0v) is 12.4. The molecule has 1 fully saturated rings. The van der Waals surface area contributed by atoms with E-state index in [-0.39, 0.29) is 5.56 Å². The Bertz CT molecular complexity index is 522. The van der Waals surface area contributed by atoms with Gasteiger partial charge in [-0.3, -0.25) is 0 Å². The second kappa shape index (κ2) is 4.79. The van der Waals surface area contributed by atoms with Crippen LogP contribution in [0.4, 0.5) is 0 Å². The van der Waals surface area contributed by atoms with E-state index in [4.69, 9.17) is 19.2 Å². The molecule has 1 aliphatic heterocycles. The average Bonchev–Trinajstić information content (AvgIpc) is 2.57. The second-order valence-electron chi connectivity index (χ2n) is 5.85. The van der Waals surface area contributed by atoms with Gasteiger partial charge in [-0.2, -0.15) is 0 Å². The van der Waals surface area contributed by atoms with Crippen molar-refractivity contribution in [2.24, 2.45) is 0 Å². The number of hydrogen-bond donors (Lipinski definition) is 1. The maximum Gasteiger partial charge on any atom is 0.498 e. The van der Waals surface area contributed by atoms with Crippen LogP contribution in [0.15, 0.2) is 18.2 Å². The fraction of sp³-hybridized carbons (Fsp3) is 0.500. The minimum absolute atomic E-state index is 0.169. The number of carboxylic acid groups (broad SMARTS) is 1. The summed E-state index contributed by atoms with van der Waals surface area (Å²) in [6.07, 6.45) is 0. The zero-order chi connectivity index (χ0) is 15.1. The van der Waals surface area contributed by atoms with Gasteiger partial charge >= 0.3 is 13.1 Å². The lowest BCUT2D eigenvalue weighted by Crippen LogP contribution is -2.41. The van der Waals surface area contributed by atoms with E-state index in [1.165, 1.54) is 19.2 Å². The van der Waals surface area contributed by atoms with Crippen molar-refractivity contribution in [1.82, 2.24) is 0 Å². The molecule has 1 aromatic rings. The van der Waals surface area contributed by atoms with Crippen LogP contribution >= 0.6 is 0 Å². The van der Waals surface area contributed by atoms with Crippen LogP contribution in [0.1, 0.15) is 38.1 Å². The van der Waals surface area contributed by atoms with E-state index >= 15 is 0 Å². The molecule has 1 heterocycles. The SMILES string of the molecule is COc1cc(C(=O)O)ccc1B1OC(C)(C)C(C)(C)O1. The molecule has 0 aromatic heterocycles. The lowest BCUT2D eigenvalue weighted by Gasteiger charge is -2.32. The predicted octanol–water partition coefficient (Wildman–Crippen LogP) is 1.69. The lowest BCUT2D eigenvalue weighted by atomic mass is 9.78. The normalized spacial score (nSPS) is 19.9. The highest BCUT2D eigenvalue weighted by Gasteiger charge is 2.52. The fourth-order valence-corrected chi connectivity index (χ4v) is 2.01. The number of rotatable bonds is 3. The van der Waals surface area contributed by atoms with Crippen molar-refractivity contribution >= 4 is 18.6 Å². The Labute approximate surface area is 119 Å². The van der Waals surface area contributed by atoms with Crippen molar-refractivity contribution < 1.29 is 23.9 Å². The number of aromatic carboxylic acids is 1. The highest BCUT2D eigenvalue weighted by Crippen LogP contribution is 2.37. The Morgan fingerprint density at radius 3 is 2.20 bits per heavy atom. The van der Waals surface area contributed by atoms with Crippen LogP contribution in [0.3, 0.4) is 0 Å². The molecule has 0 amide bonds. The molecule has 0 spiro atoms. The topological polar surface area (TPSA) is 65.0 Å². The Hall–Kier alpha value is -1.53. The van der Waals surface area contributed by atoms with E-state index in [0.29, 0.717) is 11.2 Å². The standard InChI is InChI=1S/C14H19BO5/c1-13(2)14(3,4)20-15(19-13)10-7-6-9(12(16)17)8-11(10)18-5/h6-8H,1-5H3,(H,16,17). The van der Waals surface area contributed by atoms with Gasteiger partial charge in [0.1, 0.15) is 5.75 Å². The molecule has 2 rings (SSSR count). The van der Waals surface area contributed by atoms with Gasteiger partial charge < -0.3 is 19.2 Å². The minimum Gasteiger partial charge on any atom is -0.497 e. The number of carbonyl (C=O) groups is 1. The molecule has 0 unspecified atom stereocenters. The third kappa shape index (κ3) is 2.41. The third-order valence-corrected chi connectivity index (χ3v) is 3.99. The van der Waals surface area contributed by atoms with Crippen molar-refractivity contribution in [3.8, 4) is 5.75 Å². The number of ether oxygens (including phenoxy) is 1. The van der Waals surface area contributed by atoms with Crippen LogP contribution in [-0.4, -0.2) is 36.5 Å². The molecule has 5 nitrogen and oxygen atoms in total. The van der Waals surface area contributed by atoms with Gasteiger partial charge in [0.15, 0.2) is 0 Å². The Kier molecular flexibility index (Phi) is 3.56. The van der Waals surface area contributed by atoms with E-state index in [1.807, 2.05) is 27.7 Å². The monoisotopic (exact) mass is 278 g/mol. The van der Waals surface area contributed by atoms with Crippen LogP contribution in [0.2, 0.25) is 0 Å². The van der Waals surface area contributed by atoms with E-state index < -0.39 is 24.3 Å². The van der Waals surface area contributed by atoms with E-state index in [9.17, 15) is 4.79 Å². The van der Waals surface area contributed by atoms with Crippen LogP contribution < -0.4 is 10.2 Å². The van der Waals surface area contributed by atoms with Crippen molar-refractivity contribution in [3.63, 3.8) is 0 Å². The molecule has 1 aromatic carbocycles. The summed E-state index contributed by atoms with van der Waals surface area (Å²) < 4.78 is 17.1. The maximum atomic E-state index is 11.0. The Morgan fingerprint density at radius 2 is 1.75 bits per heavy atom. The maximum absolute atomic E-state index is 11.0. The summed E-state index contributed by atoms with van der Waals surface area (Å²) in [5, 5.41) is 9.01. The van der Waals surface area contributed by atoms with Crippen LogP contribution in [0, 0.1) is 0 Å². The molecular weight excluding hydrogens is 259 g/mol. The molecule has 0 bridgehead atoms. The first-order valence-electron chi connectivity index (χ1n) is 6.45. The van der Waals surface area contributed by atoms with E-state index in [2.05, 4.69) is 0 Å². The van der Waals surface area contributed by atoms with Gasteiger partial charge in [0.05, 0.1) is 23.9 Å². The Balaban J connectivity index is 2.37. The highest BCUT2D eigenvalue weighted by molar-refractivity contribution is 6.63. The molecule has 1 N–H and O–H groups in total. The first-order chi connectivity index (χ1) is 9.18. The molecule has 6 heteroatoms. The van der Waals surface area contributed by atoms with Crippen LogP contribution in [-0.2, 0) is 9.31 Å². The molecule has 20 heavy (non-hydrogen) atoms. The molecule has 1 saturated heterocycles. The molecule has 0 atom stereocenters. The van der Waals surface area contributed by atoms with Crippen molar-refractivity contribution in [1.29, 1.82) is 0 Å². The van der Waals surface area contributed by atoms with Gasteiger partial charge in [0.25, 0.3) is 0 Å². The van der Waals surface area contributed by atoms with Crippen LogP contribution in [0.5, 0.6) is 5.75 Å². The smallest absolute Gasteiger partial charge is 0.497 e. The minimum atomic E-state index is -0.997. The molecule has 108 valence electrons. The molecule has 1 aliphatic rings.